The number of benzene rings is 3. The highest BCUT2D eigenvalue weighted by atomic mass is 19.1. The average molecular weight is 534 g/mol. The Morgan fingerprint density at radius 1 is 0.923 bits per heavy atom. The summed E-state index contributed by atoms with van der Waals surface area (Å²) in [6.45, 7) is 2.09. The first-order valence-corrected chi connectivity index (χ1v) is 11.7. The van der Waals surface area contributed by atoms with Crippen LogP contribution in [0.1, 0.15) is 41.4 Å². The lowest BCUT2D eigenvalue weighted by Gasteiger charge is -2.20. The van der Waals surface area contributed by atoms with Crippen LogP contribution >= 0.6 is 0 Å². The molecule has 3 aromatic rings. The van der Waals surface area contributed by atoms with Gasteiger partial charge < -0.3 is 21.7 Å². The van der Waals surface area contributed by atoms with E-state index in [2.05, 4.69) is 27.8 Å². The van der Waals surface area contributed by atoms with Gasteiger partial charge in [0.15, 0.2) is 0 Å². The Bertz CT molecular complexity index is 1320. The molecule has 0 heterocycles. The Balaban J connectivity index is 0.00000533. The van der Waals surface area contributed by atoms with Crippen LogP contribution < -0.4 is 27.2 Å². The number of carbonyl (C=O) groups excluding carboxylic acids is 3. The molecule has 0 aliphatic rings. The van der Waals surface area contributed by atoms with Crippen molar-refractivity contribution in [3.63, 3.8) is 0 Å². The summed E-state index contributed by atoms with van der Waals surface area (Å²) in [5.74, 6) is 4.18. The highest BCUT2D eigenvalue weighted by Gasteiger charge is 2.24. The summed E-state index contributed by atoms with van der Waals surface area (Å²) >= 11 is 0. The van der Waals surface area contributed by atoms with Gasteiger partial charge in [0.05, 0.1) is 6.54 Å². The molecule has 39 heavy (non-hydrogen) atoms. The van der Waals surface area contributed by atoms with Gasteiger partial charge in [-0.1, -0.05) is 31.4 Å². The lowest BCUT2D eigenvalue weighted by Crippen LogP contribution is -2.54. The fourth-order valence-electron chi connectivity index (χ4n) is 3.34. The van der Waals surface area contributed by atoms with Gasteiger partial charge in [0, 0.05) is 35.0 Å². The van der Waals surface area contributed by atoms with E-state index in [0.29, 0.717) is 23.4 Å². The second-order valence-corrected chi connectivity index (χ2v) is 8.47. The van der Waals surface area contributed by atoms with E-state index in [-0.39, 0.29) is 25.7 Å². The summed E-state index contributed by atoms with van der Waals surface area (Å²) in [7, 11) is 0. The summed E-state index contributed by atoms with van der Waals surface area (Å²) in [5, 5.41) is 17.1. The first-order chi connectivity index (χ1) is 18.2. The van der Waals surface area contributed by atoms with Crippen molar-refractivity contribution in [2.45, 2.75) is 33.0 Å². The molecule has 0 radical (unpaired) electrons. The van der Waals surface area contributed by atoms with Gasteiger partial charge in [-0.25, -0.2) is 9.87 Å². The SMILES string of the molecule is C.C[C@@H](N)[C@H](NC(=O)c1ccc(C#Cc2ccc(NC(=O)CNCc3ccc(F)cc3)cc2)cc1)C(=O)NO. The number of halogens is 1. The van der Waals surface area contributed by atoms with Crippen molar-refractivity contribution in [1.29, 1.82) is 0 Å². The zero-order chi connectivity index (χ0) is 27.5. The average Bonchev–Trinajstić information content (AvgIpc) is 2.92. The molecule has 7 N–H and O–H groups in total. The normalized spacial score (nSPS) is 11.6. The highest BCUT2D eigenvalue weighted by molar-refractivity contribution is 5.97. The quantitative estimate of drug-likeness (QED) is 0.142. The number of amides is 3. The minimum Gasteiger partial charge on any atom is -0.339 e. The van der Waals surface area contributed by atoms with Gasteiger partial charge in [-0.05, 0) is 73.2 Å². The molecular formula is C29H32FN5O4. The number of nitrogens with two attached hydrogens (primary N) is 1. The molecule has 0 saturated heterocycles. The molecule has 0 aliphatic carbocycles. The van der Waals surface area contributed by atoms with E-state index in [0.717, 1.165) is 11.1 Å². The molecule has 0 aliphatic heterocycles. The first-order valence-electron chi connectivity index (χ1n) is 11.7. The molecule has 0 spiro atoms. The zero-order valence-electron chi connectivity index (χ0n) is 20.6. The number of carbonyl (C=O) groups is 3. The van der Waals surface area contributed by atoms with Crippen LogP contribution in [-0.2, 0) is 16.1 Å². The Morgan fingerprint density at radius 3 is 2.03 bits per heavy atom. The van der Waals surface area contributed by atoms with E-state index in [1.54, 1.807) is 60.7 Å². The first kappa shape index (κ1) is 30.7. The van der Waals surface area contributed by atoms with Crippen LogP contribution in [0.5, 0.6) is 0 Å². The minimum absolute atomic E-state index is 0. The van der Waals surface area contributed by atoms with Crippen LogP contribution in [0.4, 0.5) is 10.1 Å². The Labute approximate surface area is 227 Å². The third-order valence-corrected chi connectivity index (χ3v) is 5.40. The molecule has 3 aromatic carbocycles. The molecule has 3 rings (SSSR count). The summed E-state index contributed by atoms with van der Waals surface area (Å²) in [6, 6.07) is 17.8. The van der Waals surface area contributed by atoms with Gasteiger partial charge >= 0.3 is 0 Å². The Hall–Kier alpha value is -4.56. The molecule has 204 valence electrons. The predicted octanol–water partition coefficient (Wildman–Crippen LogP) is 2.54. The van der Waals surface area contributed by atoms with Crippen LogP contribution in [-0.4, -0.2) is 41.6 Å². The molecular weight excluding hydrogens is 501 g/mol. The fraction of sp³-hybridized carbons (Fsp3) is 0.207. The lowest BCUT2D eigenvalue weighted by molar-refractivity contribution is -0.131. The summed E-state index contributed by atoms with van der Waals surface area (Å²) in [5.41, 5.74) is 10.4. The fourth-order valence-corrected chi connectivity index (χ4v) is 3.34. The van der Waals surface area contributed by atoms with Crippen molar-refractivity contribution < 1.29 is 24.0 Å². The smallest absolute Gasteiger partial charge is 0.267 e. The van der Waals surface area contributed by atoms with E-state index in [4.69, 9.17) is 10.9 Å². The second kappa shape index (κ2) is 15.0. The molecule has 0 saturated carbocycles. The van der Waals surface area contributed by atoms with Crippen LogP contribution in [0.25, 0.3) is 0 Å². The maximum absolute atomic E-state index is 12.9. The van der Waals surface area contributed by atoms with Crippen molar-refractivity contribution in [1.82, 2.24) is 16.1 Å². The van der Waals surface area contributed by atoms with Gasteiger partial charge in [0.1, 0.15) is 11.9 Å². The lowest BCUT2D eigenvalue weighted by atomic mass is 10.1. The van der Waals surface area contributed by atoms with Crippen molar-refractivity contribution in [2.75, 3.05) is 11.9 Å². The van der Waals surface area contributed by atoms with Crippen molar-refractivity contribution >= 4 is 23.4 Å². The summed E-state index contributed by atoms with van der Waals surface area (Å²) < 4.78 is 12.9. The maximum atomic E-state index is 12.9. The van der Waals surface area contributed by atoms with E-state index in [1.807, 2.05) is 0 Å². The third-order valence-electron chi connectivity index (χ3n) is 5.40. The Morgan fingerprint density at radius 2 is 1.49 bits per heavy atom. The number of hydrogen-bond acceptors (Lipinski definition) is 6. The topological polar surface area (TPSA) is 146 Å². The molecule has 0 unspecified atom stereocenters. The number of hydrogen-bond donors (Lipinski definition) is 6. The molecule has 0 aromatic heterocycles. The molecule has 0 fully saturated rings. The Kier molecular flexibility index (Phi) is 11.8. The number of anilines is 1. The molecule has 9 nitrogen and oxygen atoms in total. The molecule has 0 bridgehead atoms. The van der Waals surface area contributed by atoms with Crippen molar-refractivity contribution in [3.8, 4) is 11.8 Å². The molecule has 10 heteroatoms. The van der Waals surface area contributed by atoms with E-state index in [1.165, 1.54) is 24.5 Å². The van der Waals surface area contributed by atoms with Gasteiger partial charge in [-0.2, -0.15) is 0 Å². The van der Waals surface area contributed by atoms with Crippen LogP contribution in [0.15, 0.2) is 72.8 Å². The second-order valence-electron chi connectivity index (χ2n) is 8.47. The van der Waals surface area contributed by atoms with Crippen LogP contribution in [0.2, 0.25) is 0 Å². The monoisotopic (exact) mass is 533 g/mol. The van der Waals surface area contributed by atoms with Crippen LogP contribution in [0, 0.1) is 17.7 Å². The summed E-state index contributed by atoms with van der Waals surface area (Å²) in [6.07, 6.45) is 0. The van der Waals surface area contributed by atoms with Crippen LogP contribution in [0.3, 0.4) is 0 Å². The zero-order valence-corrected chi connectivity index (χ0v) is 20.6. The minimum atomic E-state index is -1.09. The van der Waals surface area contributed by atoms with Crippen molar-refractivity contribution in [2.24, 2.45) is 5.73 Å². The maximum Gasteiger partial charge on any atom is 0.267 e. The van der Waals surface area contributed by atoms with Gasteiger partial charge in [0.25, 0.3) is 11.8 Å². The van der Waals surface area contributed by atoms with Gasteiger partial charge in [0.2, 0.25) is 5.91 Å². The summed E-state index contributed by atoms with van der Waals surface area (Å²) in [4.78, 5) is 36.2. The molecule has 3 amide bonds. The van der Waals surface area contributed by atoms with E-state index >= 15 is 0 Å². The largest absolute Gasteiger partial charge is 0.339 e. The number of nitrogens with one attached hydrogen (secondary N) is 4. The number of rotatable bonds is 9. The predicted molar refractivity (Wildman–Crippen MR) is 147 cm³/mol. The van der Waals surface area contributed by atoms with Gasteiger partial charge in [-0.3, -0.25) is 19.6 Å². The van der Waals surface area contributed by atoms with Crippen molar-refractivity contribution in [3.05, 3.63) is 101 Å². The molecule has 2 atom stereocenters. The standard InChI is InChI=1S/C28H28FN5O4.CH4/c1-18(30)26(28(37)34-38)33-27(36)22-10-4-19(5-11-22)2-3-20-8-14-24(15-9-20)32-25(35)17-31-16-21-6-12-23(29)13-7-21;/h4-15,18,26,31,38H,16-17,30H2,1H3,(H,32,35)(H,33,36)(H,34,37);1H4/t18-,26+;/m1./s1. The number of hydroxylamine groups is 1. The van der Waals surface area contributed by atoms with E-state index < -0.39 is 23.9 Å². The van der Waals surface area contributed by atoms with E-state index in [9.17, 15) is 18.8 Å². The third kappa shape index (κ3) is 9.68. The van der Waals surface area contributed by atoms with Gasteiger partial charge in [-0.15, -0.1) is 0 Å². The highest BCUT2D eigenvalue weighted by Crippen LogP contribution is 2.10.